The summed E-state index contributed by atoms with van der Waals surface area (Å²) < 4.78 is 5.48. The van der Waals surface area contributed by atoms with Gasteiger partial charge in [0.05, 0.1) is 13.2 Å². The molecule has 2 N–H and O–H groups in total. The van der Waals surface area contributed by atoms with Crippen molar-refractivity contribution in [3.8, 4) is 0 Å². The van der Waals surface area contributed by atoms with Crippen LogP contribution in [0.3, 0.4) is 0 Å². The van der Waals surface area contributed by atoms with Crippen LogP contribution in [0.25, 0.3) is 0 Å². The van der Waals surface area contributed by atoms with Crippen molar-refractivity contribution in [2.75, 3.05) is 26.4 Å². The smallest absolute Gasteiger partial charge is 0.0584 e. The van der Waals surface area contributed by atoms with E-state index in [1.807, 2.05) is 0 Å². The summed E-state index contributed by atoms with van der Waals surface area (Å²) in [5.41, 5.74) is 0.353. The lowest BCUT2D eigenvalue weighted by molar-refractivity contribution is 0.00135. The van der Waals surface area contributed by atoms with E-state index in [4.69, 9.17) is 9.84 Å². The Balaban J connectivity index is 1.94. The lowest BCUT2D eigenvalue weighted by Gasteiger charge is -2.32. The second-order valence-corrected chi connectivity index (χ2v) is 4.12. The van der Waals surface area contributed by atoms with Crippen molar-refractivity contribution >= 4 is 0 Å². The molecule has 0 aromatic heterocycles. The van der Waals surface area contributed by atoms with Gasteiger partial charge in [0.15, 0.2) is 0 Å². The summed E-state index contributed by atoms with van der Waals surface area (Å²) in [4.78, 5) is 0. The molecule has 3 nitrogen and oxygen atoms in total. The Morgan fingerprint density at radius 3 is 3.08 bits per heavy atom. The van der Waals surface area contributed by atoms with Crippen molar-refractivity contribution < 1.29 is 9.84 Å². The third-order valence-corrected chi connectivity index (χ3v) is 3.07. The molecule has 2 rings (SSSR count). The molecule has 0 aromatic carbocycles. The molecule has 0 saturated carbocycles. The van der Waals surface area contributed by atoms with Crippen LogP contribution in [0.5, 0.6) is 0 Å². The Bertz CT molecular complexity index is 155. The monoisotopic (exact) mass is 171 g/mol. The number of aliphatic hydroxyl groups excluding tert-OH is 1. The van der Waals surface area contributed by atoms with Crippen molar-refractivity contribution in [2.24, 2.45) is 5.41 Å². The molecule has 70 valence electrons. The molecular formula is C9H17NO2. The first-order valence-corrected chi connectivity index (χ1v) is 4.77. The third-order valence-electron chi connectivity index (χ3n) is 3.07. The van der Waals surface area contributed by atoms with Crippen LogP contribution in [0, 0.1) is 5.41 Å². The van der Waals surface area contributed by atoms with Crippen LogP contribution < -0.4 is 5.32 Å². The zero-order valence-electron chi connectivity index (χ0n) is 7.38. The van der Waals surface area contributed by atoms with E-state index in [2.05, 4.69) is 5.32 Å². The van der Waals surface area contributed by atoms with E-state index in [-0.39, 0.29) is 6.61 Å². The Hall–Kier alpha value is -0.120. The molecule has 2 saturated heterocycles. The molecule has 0 radical (unpaired) electrons. The molecule has 0 bridgehead atoms. The molecular weight excluding hydrogens is 154 g/mol. The van der Waals surface area contributed by atoms with Gasteiger partial charge in [-0.2, -0.15) is 0 Å². The van der Waals surface area contributed by atoms with Gasteiger partial charge in [0.2, 0.25) is 0 Å². The van der Waals surface area contributed by atoms with Gasteiger partial charge >= 0.3 is 0 Å². The van der Waals surface area contributed by atoms with Crippen LogP contribution >= 0.6 is 0 Å². The van der Waals surface area contributed by atoms with Gasteiger partial charge in [-0.1, -0.05) is 0 Å². The SMILES string of the molecule is OC[C@@H]1C[C@]2(CCCOC2)CN1. The maximum absolute atomic E-state index is 8.98. The number of aliphatic hydroxyl groups is 1. The summed E-state index contributed by atoms with van der Waals surface area (Å²) >= 11 is 0. The van der Waals surface area contributed by atoms with Crippen LogP contribution in [0.1, 0.15) is 19.3 Å². The molecule has 2 atom stereocenters. The average molecular weight is 171 g/mol. The van der Waals surface area contributed by atoms with E-state index in [0.29, 0.717) is 11.5 Å². The minimum atomic E-state index is 0.266. The number of nitrogens with one attached hydrogen (secondary N) is 1. The third kappa shape index (κ3) is 1.49. The highest BCUT2D eigenvalue weighted by molar-refractivity contribution is 4.94. The number of rotatable bonds is 1. The quantitative estimate of drug-likeness (QED) is 0.589. The van der Waals surface area contributed by atoms with Crippen LogP contribution in [0.2, 0.25) is 0 Å². The fourth-order valence-electron chi connectivity index (χ4n) is 2.37. The van der Waals surface area contributed by atoms with E-state index in [1.54, 1.807) is 0 Å². The molecule has 2 aliphatic rings. The second-order valence-electron chi connectivity index (χ2n) is 4.12. The largest absolute Gasteiger partial charge is 0.395 e. The second kappa shape index (κ2) is 3.32. The minimum Gasteiger partial charge on any atom is -0.395 e. The highest BCUT2D eigenvalue weighted by atomic mass is 16.5. The summed E-state index contributed by atoms with van der Waals surface area (Å²) in [6, 6.07) is 0.312. The highest BCUT2D eigenvalue weighted by Crippen LogP contribution is 2.36. The van der Waals surface area contributed by atoms with Crippen molar-refractivity contribution in [1.29, 1.82) is 0 Å². The molecule has 1 spiro atoms. The fourth-order valence-corrected chi connectivity index (χ4v) is 2.37. The normalized spacial score (nSPS) is 42.2. The molecule has 0 aliphatic carbocycles. The summed E-state index contributed by atoms with van der Waals surface area (Å²) in [5, 5.41) is 12.3. The number of hydrogen-bond acceptors (Lipinski definition) is 3. The predicted octanol–water partition coefficient (Wildman–Crippen LogP) is 0.137. The van der Waals surface area contributed by atoms with Gasteiger partial charge in [-0.15, -0.1) is 0 Å². The summed E-state index contributed by atoms with van der Waals surface area (Å²) in [6.07, 6.45) is 3.53. The van der Waals surface area contributed by atoms with E-state index in [0.717, 1.165) is 26.2 Å². The Morgan fingerprint density at radius 2 is 2.50 bits per heavy atom. The highest BCUT2D eigenvalue weighted by Gasteiger charge is 2.39. The van der Waals surface area contributed by atoms with E-state index >= 15 is 0 Å². The Kier molecular flexibility index (Phi) is 2.35. The molecule has 0 aromatic rings. The first-order chi connectivity index (χ1) is 5.85. The van der Waals surface area contributed by atoms with E-state index < -0.39 is 0 Å². The van der Waals surface area contributed by atoms with Crippen LogP contribution in [0.15, 0.2) is 0 Å². The van der Waals surface area contributed by atoms with Crippen molar-refractivity contribution in [3.63, 3.8) is 0 Å². The number of ether oxygens (including phenoxy) is 1. The molecule has 0 unspecified atom stereocenters. The van der Waals surface area contributed by atoms with Crippen LogP contribution in [-0.4, -0.2) is 37.5 Å². The molecule has 3 heteroatoms. The van der Waals surface area contributed by atoms with Gasteiger partial charge in [-0.25, -0.2) is 0 Å². The lowest BCUT2D eigenvalue weighted by Crippen LogP contribution is -2.33. The van der Waals surface area contributed by atoms with Crippen LogP contribution in [0.4, 0.5) is 0 Å². The average Bonchev–Trinajstić information content (AvgIpc) is 2.50. The van der Waals surface area contributed by atoms with Crippen molar-refractivity contribution in [1.82, 2.24) is 5.32 Å². The molecule has 2 aliphatic heterocycles. The Morgan fingerprint density at radius 1 is 1.58 bits per heavy atom. The van der Waals surface area contributed by atoms with Crippen molar-refractivity contribution in [2.45, 2.75) is 25.3 Å². The number of hydrogen-bond donors (Lipinski definition) is 2. The van der Waals surface area contributed by atoms with E-state index in [9.17, 15) is 0 Å². The summed E-state index contributed by atoms with van der Waals surface area (Å²) in [6.45, 7) is 3.10. The summed E-state index contributed by atoms with van der Waals surface area (Å²) in [5.74, 6) is 0. The maximum Gasteiger partial charge on any atom is 0.0584 e. The van der Waals surface area contributed by atoms with Crippen LogP contribution in [-0.2, 0) is 4.74 Å². The standard InChI is InChI=1S/C9H17NO2/c11-5-8-4-9(6-10-8)2-1-3-12-7-9/h8,10-11H,1-7H2/t8-,9+/m0/s1. The van der Waals surface area contributed by atoms with Gasteiger partial charge in [-0.05, 0) is 19.3 Å². The Labute approximate surface area is 73.1 Å². The van der Waals surface area contributed by atoms with Gasteiger partial charge in [0.25, 0.3) is 0 Å². The van der Waals surface area contributed by atoms with Gasteiger partial charge in [0.1, 0.15) is 0 Å². The zero-order chi connectivity index (χ0) is 8.44. The first kappa shape index (κ1) is 8.48. The molecule has 2 heterocycles. The topological polar surface area (TPSA) is 41.5 Å². The molecule has 0 amide bonds. The first-order valence-electron chi connectivity index (χ1n) is 4.77. The summed E-state index contributed by atoms with van der Waals surface area (Å²) in [7, 11) is 0. The zero-order valence-corrected chi connectivity index (χ0v) is 7.38. The predicted molar refractivity (Wildman–Crippen MR) is 46.0 cm³/mol. The van der Waals surface area contributed by atoms with Crippen molar-refractivity contribution in [3.05, 3.63) is 0 Å². The van der Waals surface area contributed by atoms with Gasteiger partial charge < -0.3 is 15.2 Å². The maximum atomic E-state index is 8.98. The van der Waals surface area contributed by atoms with Gasteiger partial charge in [-0.3, -0.25) is 0 Å². The van der Waals surface area contributed by atoms with E-state index in [1.165, 1.54) is 12.8 Å². The molecule has 2 fully saturated rings. The lowest BCUT2D eigenvalue weighted by atomic mass is 9.80. The molecule has 12 heavy (non-hydrogen) atoms. The fraction of sp³-hybridized carbons (Fsp3) is 1.00. The van der Waals surface area contributed by atoms with Gasteiger partial charge in [0, 0.05) is 24.6 Å². The minimum absolute atomic E-state index is 0.266.